The standard InChI is InChI=1S/C17H25N3O/c1-19-10-3-2-6-16(19)7-8-17(21)20-12-15(13-20)14-5-4-9-18-11-14/h4-5,9,11,15-16H,2-3,6-8,10,12-13H2,1H3/t16-/m1/s1. The first-order chi connectivity index (χ1) is 10.2. The third-order valence-electron chi connectivity index (χ3n) is 5.00. The van der Waals surface area contributed by atoms with Gasteiger partial charge in [-0.05, 0) is 44.5 Å². The summed E-state index contributed by atoms with van der Waals surface area (Å²) in [6.45, 7) is 2.92. The molecule has 3 heterocycles. The van der Waals surface area contributed by atoms with E-state index in [2.05, 4.69) is 23.0 Å². The van der Waals surface area contributed by atoms with Crippen molar-refractivity contribution < 1.29 is 4.79 Å². The van der Waals surface area contributed by atoms with Crippen LogP contribution in [0.1, 0.15) is 43.6 Å². The number of rotatable bonds is 4. The van der Waals surface area contributed by atoms with E-state index in [4.69, 9.17) is 0 Å². The Kier molecular flexibility index (Phi) is 4.54. The number of aromatic nitrogens is 1. The molecule has 2 aliphatic heterocycles. The Bertz CT molecular complexity index is 470. The molecule has 1 amide bonds. The predicted octanol–water partition coefficient (Wildman–Crippen LogP) is 2.27. The Morgan fingerprint density at radius 3 is 2.95 bits per heavy atom. The highest BCUT2D eigenvalue weighted by Crippen LogP contribution is 2.27. The highest BCUT2D eigenvalue weighted by molar-refractivity contribution is 5.77. The van der Waals surface area contributed by atoms with Gasteiger partial charge in [0, 0.05) is 43.9 Å². The molecule has 2 saturated heterocycles. The van der Waals surface area contributed by atoms with Crippen LogP contribution in [0.25, 0.3) is 0 Å². The Morgan fingerprint density at radius 2 is 2.24 bits per heavy atom. The van der Waals surface area contributed by atoms with Crippen molar-refractivity contribution >= 4 is 5.91 Å². The number of nitrogens with zero attached hydrogens (tertiary/aromatic N) is 3. The highest BCUT2D eigenvalue weighted by Gasteiger charge is 2.32. The molecule has 0 N–H and O–H groups in total. The Labute approximate surface area is 127 Å². The fourth-order valence-corrected chi connectivity index (χ4v) is 3.47. The van der Waals surface area contributed by atoms with Gasteiger partial charge in [0.05, 0.1) is 0 Å². The van der Waals surface area contributed by atoms with Crippen molar-refractivity contribution in [3.05, 3.63) is 30.1 Å². The smallest absolute Gasteiger partial charge is 0.222 e. The van der Waals surface area contributed by atoms with Crippen molar-refractivity contribution in [3.63, 3.8) is 0 Å². The van der Waals surface area contributed by atoms with Crippen LogP contribution in [0.3, 0.4) is 0 Å². The topological polar surface area (TPSA) is 36.4 Å². The first-order valence-corrected chi connectivity index (χ1v) is 8.12. The number of pyridine rings is 1. The van der Waals surface area contributed by atoms with Crippen LogP contribution in [-0.2, 0) is 4.79 Å². The van der Waals surface area contributed by atoms with E-state index < -0.39 is 0 Å². The summed E-state index contributed by atoms with van der Waals surface area (Å²) >= 11 is 0. The minimum Gasteiger partial charge on any atom is -0.341 e. The van der Waals surface area contributed by atoms with E-state index in [1.807, 2.05) is 17.2 Å². The van der Waals surface area contributed by atoms with Crippen LogP contribution in [0.4, 0.5) is 0 Å². The number of hydrogen-bond donors (Lipinski definition) is 0. The number of amides is 1. The van der Waals surface area contributed by atoms with Gasteiger partial charge in [-0.3, -0.25) is 9.78 Å². The zero-order chi connectivity index (χ0) is 14.7. The van der Waals surface area contributed by atoms with Gasteiger partial charge < -0.3 is 9.80 Å². The molecule has 0 radical (unpaired) electrons. The summed E-state index contributed by atoms with van der Waals surface area (Å²) in [5.74, 6) is 0.814. The van der Waals surface area contributed by atoms with E-state index in [1.54, 1.807) is 6.20 Å². The summed E-state index contributed by atoms with van der Waals surface area (Å²) in [6, 6.07) is 4.69. The Balaban J connectivity index is 1.41. The van der Waals surface area contributed by atoms with E-state index in [9.17, 15) is 4.79 Å². The minimum absolute atomic E-state index is 0.328. The Morgan fingerprint density at radius 1 is 1.38 bits per heavy atom. The van der Waals surface area contributed by atoms with Crippen LogP contribution in [0.5, 0.6) is 0 Å². The molecule has 114 valence electrons. The van der Waals surface area contributed by atoms with Crippen molar-refractivity contribution in [1.29, 1.82) is 0 Å². The van der Waals surface area contributed by atoms with Crippen molar-refractivity contribution in [2.24, 2.45) is 0 Å². The molecule has 1 aromatic heterocycles. The zero-order valence-electron chi connectivity index (χ0n) is 12.9. The first kappa shape index (κ1) is 14.5. The molecule has 4 nitrogen and oxygen atoms in total. The van der Waals surface area contributed by atoms with E-state index in [-0.39, 0.29) is 0 Å². The summed E-state index contributed by atoms with van der Waals surface area (Å²) in [5.41, 5.74) is 1.26. The lowest BCUT2D eigenvalue weighted by atomic mass is 9.91. The monoisotopic (exact) mass is 287 g/mol. The summed E-state index contributed by atoms with van der Waals surface area (Å²) in [7, 11) is 2.19. The zero-order valence-corrected chi connectivity index (χ0v) is 12.9. The molecule has 0 spiro atoms. The molecule has 3 rings (SSSR count). The number of carbonyl (C=O) groups is 1. The molecule has 0 unspecified atom stereocenters. The molecule has 4 heteroatoms. The van der Waals surface area contributed by atoms with E-state index in [0.717, 1.165) is 19.5 Å². The quantitative estimate of drug-likeness (QED) is 0.852. The largest absolute Gasteiger partial charge is 0.341 e. The lowest BCUT2D eigenvalue weighted by Gasteiger charge is -2.40. The second-order valence-corrected chi connectivity index (χ2v) is 6.45. The maximum atomic E-state index is 12.2. The van der Waals surface area contributed by atoms with Crippen molar-refractivity contribution in [3.8, 4) is 0 Å². The van der Waals surface area contributed by atoms with Crippen molar-refractivity contribution in [2.45, 2.75) is 44.1 Å². The van der Waals surface area contributed by atoms with Gasteiger partial charge in [0.25, 0.3) is 0 Å². The number of hydrogen-bond acceptors (Lipinski definition) is 3. The highest BCUT2D eigenvalue weighted by atomic mass is 16.2. The average Bonchev–Trinajstić information content (AvgIpc) is 2.46. The summed E-state index contributed by atoms with van der Waals surface area (Å²) in [5, 5.41) is 0. The fraction of sp³-hybridized carbons (Fsp3) is 0.647. The maximum absolute atomic E-state index is 12.2. The second kappa shape index (κ2) is 6.56. The van der Waals surface area contributed by atoms with Gasteiger partial charge >= 0.3 is 0 Å². The molecule has 1 atom stereocenters. The molecule has 2 aliphatic rings. The summed E-state index contributed by atoms with van der Waals surface area (Å²) in [6.07, 6.45) is 9.31. The van der Waals surface area contributed by atoms with Gasteiger partial charge in [-0.25, -0.2) is 0 Å². The normalized spacial score (nSPS) is 23.9. The molecule has 1 aromatic rings. The molecule has 0 saturated carbocycles. The van der Waals surface area contributed by atoms with Crippen LogP contribution in [-0.4, -0.2) is 53.4 Å². The van der Waals surface area contributed by atoms with Crippen molar-refractivity contribution in [2.75, 3.05) is 26.7 Å². The van der Waals surface area contributed by atoms with E-state index >= 15 is 0 Å². The van der Waals surface area contributed by atoms with Gasteiger partial charge in [0.15, 0.2) is 0 Å². The molecular formula is C17H25N3O. The van der Waals surface area contributed by atoms with E-state index in [1.165, 1.54) is 31.4 Å². The third kappa shape index (κ3) is 3.43. The molecule has 0 aliphatic carbocycles. The van der Waals surface area contributed by atoms with Crippen LogP contribution in [0, 0.1) is 0 Å². The van der Waals surface area contributed by atoms with Crippen LogP contribution >= 0.6 is 0 Å². The van der Waals surface area contributed by atoms with Gasteiger partial charge in [-0.15, -0.1) is 0 Å². The molecular weight excluding hydrogens is 262 g/mol. The first-order valence-electron chi connectivity index (χ1n) is 8.12. The number of carbonyl (C=O) groups excluding carboxylic acids is 1. The second-order valence-electron chi connectivity index (χ2n) is 6.45. The fourth-order valence-electron chi connectivity index (χ4n) is 3.47. The predicted molar refractivity (Wildman–Crippen MR) is 83.1 cm³/mol. The molecule has 0 bridgehead atoms. The lowest BCUT2D eigenvalue weighted by molar-refractivity contribution is -0.136. The average molecular weight is 287 g/mol. The summed E-state index contributed by atoms with van der Waals surface area (Å²) < 4.78 is 0. The Hall–Kier alpha value is -1.42. The molecule has 2 fully saturated rings. The van der Waals surface area contributed by atoms with Gasteiger partial charge in [-0.1, -0.05) is 12.5 Å². The lowest BCUT2D eigenvalue weighted by Crippen LogP contribution is -2.49. The van der Waals surface area contributed by atoms with Crippen LogP contribution in [0.2, 0.25) is 0 Å². The molecule has 21 heavy (non-hydrogen) atoms. The van der Waals surface area contributed by atoms with Crippen molar-refractivity contribution in [1.82, 2.24) is 14.8 Å². The van der Waals surface area contributed by atoms with Crippen LogP contribution < -0.4 is 0 Å². The minimum atomic E-state index is 0.328. The van der Waals surface area contributed by atoms with Gasteiger partial charge in [0.1, 0.15) is 0 Å². The summed E-state index contributed by atoms with van der Waals surface area (Å²) in [4.78, 5) is 20.8. The third-order valence-corrected chi connectivity index (χ3v) is 5.00. The maximum Gasteiger partial charge on any atom is 0.222 e. The van der Waals surface area contributed by atoms with Crippen LogP contribution in [0.15, 0.2) is 24.5 Å². The SMILES string of the molecule is CN1CCCC[C@@H]1CCC(=O)N1CC(c2cccnc2)C1. The van der Waals surface area contributed by atoms with Gasteiger partial charge in [-0.2, -0.15) is 0 Å². The van der Waals surface area contributed by atoms with Gasteiger partial charge in [0.2, 0.25) is 5.91 Å². The van der Waals surface area contributed by atoms with E-state index in [0.29, 0.717) is 24.3 Å². The number of piperidine rings is 1. The number of likely N-dealkylation sites (tertiary alicyclic amines) is 2. The molecule has 0 aromatic carbocycles.